The molecule has 1 saturated carbocycles. The highest BCUT2D eigenvalue weighted by Crippen LogP contribution is 2.36. The van der Waals surface area contributed by atoms with E-state index in [2.05, 4.69) is 37.9 Å². The van der Waals surface area contributed by atoms with Gasteiger partial charge in [-0.15, -0.1) is 0 Å². The van der Waals surface area contributed by atoms with Crippen LogP contribution in [0.3, 0.4) is 0 Å². The van der Waals surface area contributed by atoms with Crippen LogP contribution in [-0.4, -0.2) is 37.1 Å². The maximum absolute atomic E-state index is 3.75. The first-order valence-electron chi connectivity index (χ1n) is 9.57. The monoisotopic (exact) mass is 296 g/mol. The average molecular weight is 297 g/mol. The molecule has 0 aromatic carbocycles. The maximum Gasteiger partial charge on any atom is 0.00501 e. The fraction of sp³-hybridized carbons (Fsp3) is 1.00. The summed E-state index contributed by atoms with van der Waals surface area (Å²) in [6.45, 7) is 14.3. The Morgan fingerprint density at radius 1 is 0.952 bits per heavy atom. The average Bonchev–Trinajstić information content (AvgIpc) is 2.49. The van der Waals surface area contributed by atoms with E-state index in [0.717, 1.165) is 0 Å². The fourth-order valence-corrected chi connectivity index (χ4v) is 3.62. The molecule has 1 aliphatic carbocycles. The van der Waals surface area contributed by atoms with Crippen molar-refractivity contribution in [3.05, 3.63) is 0 Å². The van der Waals surface area contributed by atoms with Gasteiger partial charge in [0.1, 0.15) is 0 Å². The molecule has 21 heavy (non-hydrogen) atoms. The van der Waals surface area contributed by atoms with Gasteiger partial charge in [-0.05, 0) is 44.2 Å². The van der Waals surface area contributed by atoms with Gasteiger partial charge in [0.2, 0.25) is 0 Å². The lowest BCUT2D eigenvalue weighted by Gasteiger charge is -2.42. The molecule has 1 aliphatic rings. The van der Waals surface area contributed by atoms with E-state index in [1.54, 1.807) is 0 Å². The minimum atomic E-state index is 0.546. The van der Waals surface area contributed by atoms with E-state index < -0.39 is 0 Å². The first-order valence-corrected chi connectivity index (χ1v) is 9.57. The van der Waals surface area contributed by atoms with Crippen LogP contribution in [0.2, 0.25) is 0 Å². The number of nitrogens with one attached hydrogen (secondary N) is 1. The highest BCUT2D eigenvalue weighted by molar-refractivity contribution is 4.88. The summed E-state index contributed by atoms with van der Waals surface area (Å²) in [5.74, 6) is 0. The van der Waals surface area contributed by atoms with Gasteiger partial charge in [0.15, 0.2) is 0 Å². The van der Waals surface area contributed by atoms with Crippen LogP contribution in [0.4, 0.5) is 0 Å². The predicted molar refractivity (Wildman–Crippen MR) is 94.9 cm³/mol. The van der Waals surface area contributed by atoms with Crippen LogP contribution in [0.1, 0.15) is 85.5 Å². The molecule has 1 rings (SSSR count). The standard InChI is InChI=1S/C19H40N2/c1-5-7-14-21(15-8-6-2)17-19(16-20-18(3)4)12-10-9-11-13-19/h18,20H,5-17H2,1-4H3. The molecular formula is C19H40N2. The van der Waals surface area contributed by atoms with Crippen molar-refractivity contribution in [1.82, 2.24) is 10.2 Å². The minimum absolute atomic E-state index is 0.546. The minimum Gasteiger partial charge on any atom is -0.314 e. The zero-order valence-corrected chi connectivity index (χ0v) is 15.2. The molecule has 0 bridgehead atoms. The van der Waals surface area contributed by atoms with Crippen molar-refractivity contribution < 1.29 is 0 Å². The van der Waals surface area contributed by atoms with E-state index >= 15 is 0 Å². The Morgan fingerprint density at radius 3 is 2.00 bits per heavy atom. The van der Waals surface area contributed by atoms with Crippen LogP contribution >= 0.6 is 0 Å². The van der Waals surface area contributed by atoms with E-state index in [1.165, 1.54) is 84.0 Å². The largest absolute Gasteiger partial charge is 0.314 e. The Balaban J connectivity index is 2.60. The third kappa shape index (κ3) is 7.65. The van der Waals surface area contributed by atoms with Crippen LogP contribution in [0, 0.1) is 5.41 Å². The highest BCUT2D eigenvalue weighted by atomic mass is 15.1. The second-order valence-corrected chi connectivity index (χ2v) is 7.58. The van der Waals surface area contributed by atoms with Crippen molar-refractivity contribution in [1.29, 1.82) is 0 Å². The Kier molecular flexibility index (Phi) is 9.59. The molecular weight excluding hydrogens is 256 g/mol. The molecule has 0 unspecified atom stereocenters. The zero-order chi connectivity index (χ0) is 15.6. The lowest BCUT2D eigenvalue weighted by atomic mass is 9.73. The topological polar surface area (TPSA) is 15.3 Å². The van der Waals surface area contributed by atoms with Crippen molar-refractivity contribution in [2.45, 2.75) is 91.5 Å². The summed E-state index contributed by atoms with van der Waals surface area (Å²) >= 11 is 0. The molecule has 0 aliphatic heterocycles. The van der Waals surface area contributed by atoms with Gasteiger partial charge < -0.3 is 10.2 Å². The Bertz CT molecular complexity index is 236. The number of rotatable bonds is 11. The smallest absolute Gasteiger partial charge is 0.00501 e. The van der Waals surface area contributed by atoms with Gasteiger partial charge in [-0.1, -0.05) is 59.8 Å². The summed E-state index contributed by atoms with van der Waals surface area (Å²) in [5.41, 5.74) is 0.546. The summed E-state index contributed by atoms with van der Waals surface area (Å²) in [7, 11) is 0. The molecule has 1 fully saturated rings. The van der Waals surface area contributed by atoms with E-state index in [0.29, 0.717) is 11.5 Å². The zero-order valence-electron chi connectivity index (χ0n) is 15.2. The summed E-state index contributed by atoms with van der Waals surface area (Å²) in [4.78, 5) is 2.78. The number of nitrogens with zero attached hydrogens (tertiary/aromatic N) is 1. The molecule has 2 heteroatoms. The van der Waals surface area contributed by atoms with Gasteiger partial charge in [0.25, 0.3) is 0 Å². The molecule has 0 amide bonds. The van der Waals surface area contributed by atoms with Gasteiger partial charge in [-0.25, -0.2) is 0 Å². The Morgan fingerprint density at radius 2 is 1.52 bits per heavy atom. The summed E-state index contributed by atoms with van der Waals surface area (Å²) in [5, 5.41) is 3.75. The van der Waals surface area contributed by atoms with E-state index in [1.807, 2.05) is 0 Å². The van der Waals surface area contributed by atoms with Gasteiger partial charge in [0, 0.05) is 19.1 Å². The molecule has 0 radical (unpaired) electrons. The molecule has 1 N–H and O–H groups in total. The van der Waals surface area contributed by atoms with Crippen LogP contribution in [0.15, 0.2) is 0 Å². The quantitative estimate of drug-likeness (QED) is 0.587. The highest BCUT2D eigenvalue weighted by Gasteiger charge is 2.33. The lowest BCUT2D eigenvalue weighted by molar-refractivity contribution is 0.0978. The summed E-state index contributed by atoms with van der Waals surface area (Å²) in [6, 6.07) is 0.614. The molecule has 0 heterocycles. The molecule has 2 nitrogen and oxygen atoms in total. The Labute approximate surface area is 134 Å². The summed E-state index contributed by atoms with van der Waals surface area (Å²) in [6.07, 6.45) is 12.6. The predicted octanol–water partition coefficient (Wildman–Crippen LogP) is 4.84. The van der Waals surface area contributed by atoms with Gasteiger partial charge >= 0.3 is 0 Å². The molecule has 0 atom stereocenters. The maximum atomic E-state index is 3.75. The number of unbranched alkanes of at least 4 members (excludes halogenated alkanes) is 2. The van der Waals surface area contributed by atoms with Gasteiger partial charge in [0.05, 0.1) is 0 Å². The van der Waals surface area contributed by atoms with Crippen molar-refractivity contribution in [3.63, 3.8) is 0 Å². The van der Waals surface area contributed by atoms with Crippen molar-refractivity contribution in [3.8, 4) is 0 Å². The molecule has 0 saturated heterocycles. The van der Waals surface area contributed by atoms with E-state index in [4.69, 9.17) is 0 Å². The molecule has 0 aromatic rings. The van der Waals surface area contributed by atoms with Crippen LogP contribution in [0.25, 0.3) is 0 Å². The third-order valence-corrected chi connectivity index (χ3v) is 5.01. The van der Waals surface area contributed by atoms with Crippen molar-refractivity contribution in [2.75, 3.05) is 26.2 Å². The second-order valence-electron chi connectivity index (χ2n) is 7.58. The van der Waals surface area contributed by atoms with Gasteiger partial charge in [-0.2, -0.15) is 0 Å². The molecule has 126 valence electrons. The summed E-state index contributed by atoms with van der Waals surface area (Å²) < 4.78 is 0. The SMILES string of the molecule is CCCCN(CCCC)CC1(CNC(C)C)CCCCC1. The van der Waals surface area contributed by atoms with Crippen LogP contribution in [-0.2, 0) is 0 Å². The van der Waals surface area contributed by atoms with Crippen LogP contribution < -0.4 is 5.32 Å². The van der Waals surface area contributed by atoms with E-state index in [-0.39, 0.29) is 0 Å². The van der Waals surface area contributed by atoms with Crippen LogP contribution in [0.5, 0.6) is 0 Å². The fourth-order valence-electron chi connectivity index (χ4n) is 3.62. The third-order valence-electron chi connectivity index (χ3n) is 5.01. The first-order chi connectivity index (χ1) is 10.1. The van der Waals surface area contributed by atoms with E-state index in [9.17, 15) is 0 Å². The van der Waals surface area contributed by atoms with Crippen molar-refractivity contribution in [2.24, 2.45) is 5.41 Å². The first kappa shape index (κ1) is 19.0. The lowest BCUT2D eigenvalue weighted by Crippen LogP contribution is -2.47. The molecule has 0 spiro atoms. The second kappa shape index (κ2) is 10.6. The van der Waals surface area contributed by atoms with Gasteiger partial charge in [-0.3, -0.25) is 0 Å². The van der Waals surface area contributed by atoms with Crippen molar-refractivity contribution >= 4 is 0 Å². The normalized spacial score (nSPS) is 18.6. The number of hydrogen-bond donors (Lipinski definition) is 1. The number of hydrogen-bond acceptors (Lipinski definition) is 2. The molecule has 0 aromatic heterocycles. The Hall–Kier alpha value is -0.0800.